The number of nitrogens with zero attached hydrogens (tertiary/aromatic N) is 3. The van der Waals surface area contributed by atoms with Crippen LogP contribution in [0.25, 0.3) is 0 Å². The second-order valence-electron chi connectivity index (χ2n) is 20.7. The lowest BCUT2D eigenvalue weighted by Crippen LogP contribution is -2.37. The van der Waals surface area contributed by atoms with Crippen molar-refractivity contribution in [3.63, 3.8) is 0 Å². The van der Waals surface area contributed by atoms with Crippen LogP contribution in [0.4, 0.5) is 4.79 Å². The largest absolute Gasteiger partial charge is 0.461 e. The van der Waals surface area contributed by atoms with Gasteiger partial charge in [0.25, 0.3) is 0 Å². The molecule has 16 heteroatoms. The van der Waals surface area contributed by atoms with E-state index >= 15 is 0 Å². The summed E-state index contributed by atoms with van der Waals surface area (Å²) in [5.41, 5.74) is 0. The number of rotatable bonds is 26. The molecule has 0 N–H and O–H groups in total. The van der Waals surface area contributed by atoms with Crippen LogP contribution in [0, 0.1) is 47.3 Å². The van der Waals surface area contributed by atoms with Crippen molar-refractivity contribution in [3.8, 4) is 0 Å². The molecule has 0 radical (unpaired) electrons. The first-order chi connectivity index (χ1) is 33.9. The molecule has 0 atom stereocenters. The Hall–Kier alpha value is -4.50. The lowest BCUT2D eigenvalue weighted by molar-refractivity contribution is -0.170. The third-order valence-electron chi connectivity index (χ3n) is 15.9. The Bertz CT molecular complexity index is 1570. The van der Waals surface area contributed by atoms with Gasteiger partial charge in [0, 0.05) is 38.3 Å². The van der Waals surface area contributed by atoms with Gasteiger partial charge >= 0.3 is 41.8 Å². The second-order valence-corrected chi connectivity index (χ2v) is 20.7. The molecule has 16 nitrogen and oxygen atoms in total. The summed E-state index contributed by atoms with van der Waals surface area (Å²) in [7, 11) is 0. The molecule has 1 amide bonds. The van der Waals surface area contributed by atoms with Gasteiger partial charge in [-0.15, -0.1) is 0 Å². The van der Waals surface area contributed by atoms with E-state index in [0.29, 0.717) is 23.7 Å². The Kier molecular flexibility index (Phi) is 24.5. The molecule has 0 saturated heterocycles. The molecule has 1 aromatic heterocycles. The molecule has 0 unspecified atom stereocenters. The molecular weight excluding hydrogens is 899 g/mol. The van der Waals surface area contributed by atoms with Crippen molar-refractivity contribution < 1.29 is 62.0 Å². The summed E-state index contributed by atoms with van der Waals surface area (Å²) in [5, 5.41) is 0. The van der Waals surface area contributed by atoms with E-state index in [1.165, 1.54) is 28.2 Å². The fourth-order valence-electron chi connectivity index (χ4n) is 10.8. The van der Waals surface area contributed by atoms with Crippen molar-refractivity contribution in [1.82, 2.24) is 14.5 Å². The molecule has 1 aromatic rings. The molecule has 4 saturated carbocycles. The highest BCUT2D eigenvalue weighted by molar-refractivity contribution is 5.77. The minimum absolute atomic E-state index is 0.0879. The van der Waals surface area contributed by atoms with Gasteiger partial charge in [-0.05, 0) is 139 Å². The Labute approximate surface area is 416 Å². The normalized spacial score (nSPS) is 25.6. The second kappa shape index (κ2) is 30.4. The monoisotopic (exact) mass is 984 g/mol. The van der Waals surface area contributed by atoms with Crippen LogP contribution in [0.5, 0.6) is 0 Å². The Balaban J connectivity index is 1.12. The molecule has 0 aliphatic heterocycles. The molecule has 0 spiro atoms. The van der Waals surface area contributed by atoms with E-state index in [4.69, 9.17) is 28.4 Å². The van der Waals surface area contributed by atoms with Crippen LogP contribution >= 0.6 is 0 Å². The zero-order valence-electron chi connectivity index (χ0n) is 42.9. The first-order valence-electron chi connectivity index (χ1n) is 27.2. The summed E-state index contributed by atoms with van der Waals surface area (Å²) < 4.78 is 35.6. The number of esters is 6. The predicted molar refractivity (Wildman–Crippen MR) is 260 cm³/mol. The number of imidazole rings is 1. The summed E-state index contributed by atoms with van der Waals surface area (Å²) in [6, 6.07) is -0.408. The van der Waals surface area contributed by atoms with Crippen molar-refractivity contribution in [3.05, 3.63) is 18.7 Å². The average molecular weight is 984 g/mol. The van der Waals surface area contributed by atoms with Gasteiger partial charge < -0.3 is 33.3 Å². The van der Waals surface area contributed by atoms with Gasteiger partial charge in [0.05, 0.1) is 23.7 Å². The minimum atomic E-state index is -0.994. The van der Waals surface area contributed by atoms with E-state index in [-0.39, 0.29) is 113 Å². The van der Waals surface area contributed by atoms with Gasteiger partial charge in [0.2, 0.25) is 0 Å². The highest BCUT2D eigenvalue weighted by Crippen LogP contribution is 2.34. The molecule has 1 heterocycles. The molecule has 70 heavy (non-hydrogen) atoms. The van der Waals surface area contributed by atoms with Crippen LogP contribution in [0.2, 0.25) is 0 Å². The average Bonchev–Trinajstić information content (AvgIpc) is 3.95. The van der Waals surface area contributed by atoms with Crippen molar-refractivity contribution in [1.29, 1.82) is 0 Å². The number of aromatic nitrogens is 2. The van der Waals surface area contributed by atoms with E-state index < -0.39 is 30.2 Å². The standard InChI is InChI=1S/C54H85N3O13/c1-5-38-13-21-42(22-14-38)50(60)65-33-46(34-66-51(61)43-23-15-39(6-2)16-24-43)69-48(58)11-9-30-56(54(64)57-32-29-55-37-57)31-10-12-49(59)70-47(35-67-52(62)44-25-17-40(7-3)18-26-44)36-68-53(63)45-27-19-41(8-4)20-28-45/h29,32,37-47H,5-28,30-31,33-36H2,1-4H3. The van der Waals surface area contributed by atoms with Crippen LogP contribution in [0.3, 0.4) is 0 Å². The number of amides is 1. The summed E-state index contributed by atoms with van der Waals surface area (Å²) in [4.78, 5) is 98.1. The first kappa shape index (κ1) is 56.4. The summed E-state index contributed by atoms with van der Waals surface area (Å²) in [5.74, 6) is -0.962. The topological polar surface area (TPSA) is 196 Å². The molecule has 4 aliphatic carbocycles. The Morgan fingerprint density at radius 2 is 0.786 bits per heavy atom. The van der Waals surface area contributed by atoms with Crippen LogP contribution in [0.1, 0.15) is 182 Å². The van der Waals surface area contributed by atoms with Crippen LogP contribution in [0.15, 0.2) is 18.7 Å². The third-order valence-corrected chi connectivity index (χ3v) is 15.9. The van der Waals surface area contributed by atoms with Crippen LogP contribution in [-0.2, 0) is 57.2 Å². The lowest BCUT2D eigenvalue weighted by atomic mass is 9.81. The highest BCUT2D eigenvalue weighted by atomic mass is 16.6. The van der Waals surface area contributed by atoms with Gasteiger partial charge in [0.1, 0.15) is 32.8 Å². The molecule has 394 valence electrons. The van der Waals surface area contributed by atoms with E-state index in [1.807, 2.05) is 0 Å². The van der Waals surface area contributed by atoms with E-state index in [9.17, 15) is 33.6 Å². The minimum Gasteiger partial charge on any atom is -0.461 e. The zero-order valence-corrected chi connectivity index (χ0v) is 42.9. The van der Waals surface area contributed by atoms with E-state index in [2.05, 4.69) is 32.7 Å². The van der Waals surface area contributed by atoms with Crippen LogP contribution in [-0.4, -0.2) is 108 Å². The molecule has 4 aliphatic rings. The quantitative estimate of drug-likeness (QED) is 0.0628. The summed E-state index contributed by atoms with van der Waals surface area (Å²) >= 11 is 0. The Morgan fingerprint density at radius 3 is 1.04 bits per heavy atom. The van der Waals surface area contributed by atoms with E-state index in [0.717, 1.165) is 128 Å². The van der Waals surface area contributed by atoms with Crippen molar-refractivity contribution in [2.75, 3.05) is 39.5 Å². The highest BCUT2D eigenvalue weighted by Gasteiger charge is 2.33. The van der Waals surface area contributed by atoms with Gasteiger partial charge in [-0.3, -0.25) is 33.3 Å². The lowest BCUT2D eigenvalue weighted by Gasteiger charge is -2.28. The SMILES string of the molecule is CCC1CCC(C(=O)OCC(COC(=O)C2CCC(CC)CC2)OC(=O)CCCN(CCCC(=O)OC(COC(=O)C2CCC(CC)CC2)COC(=O)C2CCC(CC)CC2)C(=O)n2ccnc2)CC1. The van der Waals surface area contributed by atoms with Gasteiger partial charge in [0.15, 0.2) is 12.2 Å². The van der Waals surface area contributed by atoms with Crippen molar-refractivity contribution in [2.24, 2.45) is 47.3 Å². The number of hydrogen-bond acceptors (Lipinski definition) is 14. The predicted octanol–water partition coefficient (Wildman–Crippen LogP) is 9.58. The number of hydrogen-bond donors (Lipinski definition) is 0. The first-order valence-corrected chi connectivity index (χ1v) is 27.2. The fourth-order valence-corrected chi connectivity index (χ4v) is 10.8. The molecule has 5 rings (SSSR count). The van der Waals surface area contributed by atoms with E-state index in [1.54, 1.807) is 0 Å². The molecule has 0 aromatic carbocycles. The molecule has 0 bridgehead atoms. The van der Waals surface area contributed by atoms with Crippen molar-refractivity contribution >= 4 is 41.8 Å². The maximum absolute atomic E-state index is 13.6. The number of ether oxygens (including phenoxy) is 6. The third kappa shape index (κ3) is 18.9. The maximum atomic E-state index is 13.6. The smallest absolute Gasteiger partial charge is 0.329 e. The number of carbonyl (C=O) groups is 7. The summed E-state index contributed by atoms with van der Waals surface area (Å²) in [6.45, 7) is 7.96. The summed E-state index contributed by atoms with van der Waals surface area (Å²) in [6.07, 6.45) is 20.7. The number of carbonyl (C=O) groups excluding carboxylic acids is 7. The van der Waals surface area contributed by atoms with Gasteiger partial charge in [-0.25, -0.2) is 9.78 Å². The van der Waals surface area contributed by atoms with Crippen LogP contribution < -0.4 is 0 Å². The zero-order chi connectivity index (χ0) is 50.3. The molecular formula is C54H85N3O13. The maximum Gasteiger partial charge on any atom is 0.329 e. The molecule has 4 fully saturated rings. The fraction of sp³-hybridized carbons (Fsp3) is 0.815. The van der Waals surface area contributed by atoms with Gasteiger partial charge in [-0.2, -0.15) is 0 Å². The Morgan fingerprint density at radius 1 is 0.486 bits per heavy atom. The van der Waals surface area contributed by atoms with Gasteiger partial charge in [-0.1, -0.05) is 53.4 Å². The van der Waals surface area contributed by atoms with Crippen molar-refractivity contribution in [2.45, 2.75) is 194 Å².